The van der Waals surface area contributed by atoms with E-state index in [0.717, 1.165) is 10.0 Å². The van der Waals surface area contributed by atoms with Gasteiger partial charge >= 0.3 is 0 Å². The molecule has 0 aliphatic heterocycles. The first-order valence-electron chi connectivity index (χ1n) is 6.00. The third-order valence-corrected chi connectivity index (χ3v) is 5.07. The summed E-state index contributed by atoms with van der Waals surface area (Å²) in [6.45, 7) is 0. The van der Waals surface area contributed by atoms with Crippen LogP contribution >= 0.6 is 27.5 Å². The number of hydrogen-bond acceptors (Lipinski definition) is 3. The largest absolute Gasteiger partial charge is 0.338 e. The normalized spacial score (nSPS) is 12.0. The fraction of sp³-hybridized carbons (Fsp3) is 0.0714. The molecule has 0 unspecified atom stereocenters. The molecule has 1 heterocycles. The number of H-pyrrole nitrogens is 1. The molecule has 1 N–H and O–H groups in total. The van der Waals surface area contributed by atoms with E-state index < -0.39 is 9.84 Å². The Balaban J connectivity index is 2.17. The van der Waals surface area contributed by atoms with Crippen LogP contribution in [0.2, 0.25) is 5.02 Å². The van der Waals surface area contributed by atoms with Crippen molar-refractivity contribution in [3.8, 4) is 11.4 Å². The molecule has 0 fully saturated rings. The average molecular weight is 386 g/mol. The molecular weight excluding hydrogens is 376 g/mol. The second-order valence-corrected chi connectivity index (χ2v) is 7.97. The molecule has 1 aromatic heterocycles. The summed E-state index contributed by atoms with van der Waals surface area (Å²) >= 11 is 9.37. The van der Waals surface area contributed by atoms with Gasteiger partial charge in [-0.1, -0.05) is 11.6 Å². The summed E-state index contributed by atoms with van der Waals surface area (Å²) < 4.78 is 24.0. The lowest BCUT2D eigenvalue weighted by Crippen LogP contribution is -1.96. The molecule has 0 saturated heterocycles. The Kier molecular flexibility index (Phi) is 3.55. The summed E-state index contributed by atoms with van der Waals surface area (Å²) in [7, 11) is -3.24. The van der Waals surface area contributed by atoms with Gasteiger partial charge in [-0.05, 0) is 52.3 Å². The smallest absolute Gasteiger partial charge is 0.175 e. The number of rotatable bonds is 2. The molecule has 0 aliphatic rings. The zero-order chi connectivity index (χ0) is 15.2. The van der Waals surface area contributed by atoms with Crippen LogP contribution in [0.3, 0.4) is 0 Å². The number of fused-ring (bicyclic) bond motifs is 1. The quantitative estimate of drug-likeness (QED) is 0.724. The number of sulfone groups is 1. The monoisotopic (exact) mass is 384 g/mol. The van der Waals surface area contributed by atoms with Gasteiger partial charge in [0.25, 0.3) is 0 Å². The third-order valence-electron chi connectivity index (χ3n) is 3.07. The number of nitrogens with zero attached hydrogens (tertiary/aromatic N) is 1. The Morgan fingerprint density at radius 1 is 1.19 bits per heavy atom. The SMILES string of the molecule is CS(=O)(=O)c1ccc2nc(-c3ccc(Cl)cc3Br)[nH]c2c1. The Hall–Kier alpha value is -1.37. The maximum absolute atomic E-state index is 11.6. The number of hydrogen-bond donors (Lipinski definition) is 1. The molecule has 0 saturated carbocycles. The molecule has 0 aliphatic carbocycles. The standard InChI is InChI=1S/C14H10BrClN2O2S/c1-21(19,20)9-3-5-12-13(7-9)18-14(17-12)10-4-2-8(16)6-11(10)15/h2-7H,1H3,(H,17,18). The molecule has 21 heavy (non-hydrogen) atoms. The molecule has 7 heteroatoms. The fourth-order valence-corrected chi connectivity index (χ4v) is 3.55. The molecule has 0 spiro atoms. The fourth-order valence-electron chi connectivity index (χ4n) is 2.03. The van der Waals surface area contributed by atoms with E-state index in [-0.39, 0.29) is 4.90 Å². The maximum Gasteiger partial charge on any atom is 0.175 e. The molecule has 108 valence electrons. The summed E-state index contributed by atoms with van der Waals surface area (Å²) in [6.07, 6.45) is 1.18. The van der Waals surface area contributed by atoms with Gasteiger partial charge in [-0.3, -0.25) is 0 Å². The van der Waals surface area contributed by atoms with Crippen LogP contribution in [0.1, 0.15) is 0 Å². The summed E-state index contributed by atoms with van der Waals surface area (Å²) in [5.41, 5.74) is 2.24. The van der Waals surface area contributed by atoms with Gasteiger partial charge in [0.2, 0.25) is 0 Å². The summed E-state index contributed by atoms with van der Waals surface area (Å²) in [5.74, 6) is 0.652. The molecule has 4 nitrogen and oxygen atoms in total. The predicted molar refractivity (Wildman–Crippen MR) is 87.3 cm³/mol. The highest BCUT2D eigenvalue weighted by molar-refractivity contribution is 9.10. The first-order valence-corrected chi connectivity index (χ1v) is 9.06. The minimum Gasteiger partial charge on any atom is -0.338 e. The number of nitrogens with one attached hydrogen (secondary N) is 1. The van der Waals surface area contributed by atoms with E-state index in [1.807, 2.05) is 6.07 Å². The number of halogens is 2. The lowest BCUT2D eigenvalue weighted by Gasteiger charge is -2.00. The zero-order valence-electron chi connectivity index (χ0n) is 10.9. The third kappa shape index (κ3) is 2.84. The minimum atomic E-state index is -3.24. The van der Waals surface area contributed by atoms with Crippen LogP contribution in [-0.2, 0) is 9.84 Å². The first kappa shape index (κ1) is 14.6. The van der Waals surface area contributed by atoms with Crippen molar-refractivity contribution in [2.24, 2.45) is 0 Å². The first-order chi connectivity index (χ1) is 9.84. The summed E-state index contributed by atoms with van der Waals surface area (Å²) in [5, 5.41) is 0.626. The van der Waals surface area contributed by atoms with E-state index in [2.05, 4.69) is 25.9 Å². The molecule has 0 radical (unpaired) electrons. The maximum atomic E-state index is 11.6. The molecule has 0 amide bonds. The Bertz CT molecular complexity index is 951. The molecular formula is C14H10BrClN2O2S. The Labute approximate surface area is 135 Å². The van der Waals surface area contributed by atoms with Crippen LogP contribution in [0.5, 0.6) is 0 Å². The highest BCUT2D eigenvalue weighted by Crippen LogP contribution is 2.30. The molecule has 3 rings (SSSR count). The van der Waals surface area contributed by atoms with E-state index in [1.54, 1.807) is 30.3 Å². The lowest BCUT2D eigenvalue weighted by molar-refractivity contribution is 0.602. The minimum absolute atomic E-state index is 0.264. The molecule has 0 bridgehead atoms. The molecule has 2 aromatic carbocycles. The van der Waals surface area contributed by atoms with Crippen molar-refractivity contribution in [1.82, 2.24) is 9.97 Å². The number of aromatic nitrogens is 2. The van der Waals surface area contributed by atoms with Gasteiger partial charge in [-0.2, -0.15) is 0 Å². The van der Waals surface area contributed by atoms with Gasteiger partial charge in [0.15, 0.2) is 9.84 Å². The van der Waals surface area contributed by atoms with Crippen LogP contribution in [0.15, 0.2) is 45.8 Å². The number of benzene rings is 2. The van der Waals surface area contributed by atoms with Crippen LogP contribution in [-0.4, -0.2) is 24.6 Å². The summed E-state index contributed by atoms with van der Waals surface area (Å²) in [4.78, 5) is 7.87. The van der Waals surface area contributed by atoms with Gasteiger partial charge in [-0.15, -0.1) is 0 Å². The highest BCUT2D eigenvalue weighted by atomic mass is 79.9. The van der Waals surface area contributed by atoms with E-state index >= 15 is 0 Å². The second kappa shape index (κ2) is 5.12. The molecule has 3 aromatic rings. The van der Waals surface area contributed by atoms with Crippen LogP contribution < -0.4 is 0 Å². The number of imidazole rings is 1. The second-order valence-electron chi connectivity index (χ2n) is 4.66. The molecule has 0 atom stereocenters. The van der Waals surface area contributed by atoms with Crippen LogP contribution in [0.25, 0.3) is 22.4 Å². The van der Waals surface area contributed by atoms with Crippen molar-refractivity contribution in [1.29, 1.82) is 0 Å². The van der Waals surface area contributed by atoms with Crippen molar-refractivity contribution in [3.05, 3.63) is 45.9 Å². The Morgan fingerprint density at radius 3 is 2.62 bits per heavy atom. The highest BCUT2D eigenvalue weighted by Gasteiger charge is 2.12. The number of aromatic amines is 1. The van der Waals surface area contributed by atoms with Gasteiger partial charge in [0.05, 0.1) is 15.9 Å². The van der Waals surface area contributed by atoms with Gasteiger partial charge in [0.1, 0.15) is 5.82 Å². The van der Waals surface area contributed by atoms with Gasteiger partial charge in [-0.25, -0.2) is 13.4 Å². The van der Waals surface area contributed by atoms with Gasteiger partial charge < -0.3 is 4.98 Å². The zero-order valence-corrected chi connectivity index (χ0v) is 14.1. The van der Waals surface area contributed by atoms with Crippen molar-refractivity contribution in [2.75, 3.05) is 6.26 Å². The van der Waals surface area contributed by atoms with E-state index in [4.69, 9.17) is 11.6 Å². The lowest BCUT2D eigenvalue weighted by atomic mass is 10.2. The van der Waals surface area contributed by atoms with E-state index in [0.29, 0.717) is 21.9 Å². The average Bonchev–Trinajstić information content (AvgIpc) is 2.79. The topological polar surface area (TPSA) is 62.8 Å². The van der Waals surface area contributed by atoms with Crippen molar-refractivity contribution in [2.45, 2.75) is 4.90 Å². The van der Waals surface area contributed by atoms with Crippen LogP contribution in [0, 0.1) is 0 Å². The van der Waals surface area contributed by atoms with E-state index in [1.165, 1.54) is 6.26 Å². The van der Waals surface area contributed by atoms with Crippen molar-refractivity contribution >= 4 is 48.4 Å². The van der Waals surface area contributed by atoms with E-state index in [9.17, 15) is 8.42 Å². The van der Waals surface area contributed by atoms with Crippen molar-refractivity contribution < 1.29 is 8.42 Å². The predicted octanol–water partition coefficient (Wildman–Crippen LogP) is 4.05. The van der Waals surface area contributed by atoms with Gasteiger partial charge in [0, 0.05) is 21.3 Å². The van der Waals surface area contributed by atoms with Crippen molar-refractivity contribution in [3.63, 3.8) is 0 Å². The van der Waals surface area contributed by atoms with Crippen LogP contribution in [0.4, 0.5) is 0 Å². The Morgan fingerprint density at radius 2 is 1.95 bits per heavy atom. The summed E-state index contributed by atoms with van der Waals surface area (Å²) in [6, 6.07) is 10.2.